The summed E-state index contributed by atoms with van der Waals surface area (Å²) >= 11 is 0. The van der Waals surface area contributed by atoms with E-state index in [1.54, 1.807) is 0 Å². The van der Waals surface area contributed by atoms with Gasteiger partial charge in [0.2, 0.25) is 0 Å². The minimum Gasteiger partial charge on any atom is -0.748 e. The zero-order valence-electron chi connectivity index (χ0n) is 9.24. The zero-order valence-corrected chi connectivity index (χ0v) is 12.1. The first-order chi connectivity index (χ1) is 7.33. The summed E-state index contributed by atoms with van der Waals surface area (Å²) in [6, 6.07) is 3.46. The van der Waals surface area contributed by atoms with Gasteiger partial charge in [-0.15, -0.1) is 0 Å². The second-order valence-electron chi connectivity index (χ2n) is 2.97. The van der Waals surface area contributed by atoms with Crippen LogP contribution in [0.25, 0.3) is 0 Å². The molecule has 0 saturated heterocycles. The number of rotatable bonds is 4. The number of hydrogen-bond acceptors (Lipinski definition) is 6. The Bertz CT molecular complexity index is 515. The molecule has 0 unspecified atom stereocenters. The van der Waals surface area contributed by atoms with Gasteiger partial charge in [0.15, 0.2) is 5.75 Å². The van der Waals surface area contributed by atoms with Crippen molar-refractivity contribution in [3.05, 3.63) is 33.9 Å². The van der Waals surface area contributed by atoms with Gasteiger partial charge in [0.25, 0.3) is 0 Å². The van der Waals surface area contributed by atoms with Gasteiger partial charge in [0.1, 0.15) is 0 Å². The molecule has 0 atom stereocenters. The predicted octanol–water partition coefficient (Wildman–Crippen LogP) is -2.35. The Morgan fingerprint density at radius 2 is 2.00 bits per heavy atom. The molecule has 0 amide bonds. The van der Waals surface area contributed by atoms with Gasteiger partial charge >= 0.3 is 35.2 Å². The van der Waals surface area contributed by atoms with Gasteiger partial charge in [-0.2, -0.15) is 0 Å². The minimum atomic E-state index is -4.41. The van der Waals surface area contributed by atoms with Crippen molar-refractivity contribution >= 4 is 15.8 Å². The largest absolute Gasteiger partial charge is 1.00 e. The molecule has 7 nitrogen and oxygen atoms in total. The summed E-state index contributed by atoms with van der Waals surface area (Å²) in [5, 5.41) is 10.5. The molecule has 0 fully saturated rings. The van der Waals surface area contributed by atoms with E-state index in [4.69, 9.17) is 4.74 Å². The molecule has 0 N–H and O–H groups in total. The van der Waals surface area contributed by atoms with Crippen molar-refractivity contribution < 1.29 is 52.2 Å². The molecule has 88 valence electrons. The van der Waals surface area contributed by atoms with Crippen molar-refractivity contribution in [3.63, 3.8) is 0 Å². The SMILES string of the molecule is COc1cc(CS(=O)(=O)[O-])ccc1[N+](=O)[O-].[Na+]. The molecule has 0 heterocycles. The Hall–Kier alpha value is -0.670. The van der Waals surface area contributed by atoms with Crippen LogP contribution in [0.4, 0.5) is 5.69 Å². The normalized spacial score (nSPS) is 10.5. The van der Waals surface area contributed by atoms with Crippen molar-refractivity contribution in [1.29, 1.82) is 0 Å². The Morgan fingerprint density at radius 1 is 1.41 bits per heavy atom. The summed E-state index contributed by atoms with van der Waals surface area (Å²) < 4.78 is 36.2. The first-order valence-corrected chi connectivity index (χ1v) is 5.66. The molecule has 0 aliphatic rings. The van der Waals surface area contributed by atoms with Crippen LogP contribution in [-0.2, 0) is 15.9 Å². The summed E-state index contributed by atoms with van der Waals surface area (Å²) in [6.07, 6.45) is 0. The summed E-state index contributed by atoms with van der Waals surface area (Å²) in [7, 11) is -3.19. The van der Waals surface area contributed by atoms with Gasteiger partial charge in [-0.05, 0) is 11.6 Å². The molecule has 17 heavy (non-hydrogen) atoms. The zero-order chi connectivity index (χ0) is 12.3. The van der Waals surface area contributed by atoms with Gasteiger partial charge in [-0.3, -0.25) is 10.1 Å². The molecule has 1 rings (SSSR count). The van der Waals surface area contributed by atoms with Crippen LogP contribution >= 0.6 is 0 Å². The van der Waals surface area contributed by atoms with Crippen molar-refractivity contribution in [2.45, 2.75) is 5.75 Å². The Kier molecular flexibility index (Phi) is 6.06. The maximum atomic E-state index is 10.5. The molecule has 9 heteroatoms. The van der Waals surface area contributed by atoms with E-state index in [0.29, 0.717) is 0 Å². The summed E-state index contributed by atoms with van der Waals surface area (Å²) in [6.45, 7) is 0. The third-order valence-corrected chi connectivity index (χ3v) is 2.47. The monoisotopic (exact) mass is 269 g/mol. The molecule has 0 spiro atoms. The van der Waals surface area contributed by atoms with E-state index in [1.807, 2.05) is 0 Å². The third-order valence-electron chi connectivity index (χ3n) is 1.78. The Labute approximate surface area is 120 Å². The smallest absolute Gasteiger partial charge is 0.748 e. The molecule has 1 aromatic rings. The van der Waals surface area contributed by atoms with E-state index in [2.05, 4.69) is 0 Å². The van der Waals surface area contributed by atoms with Gasteiger partial charge in [-0.1, -0.05) is 6.07 Å². The van der Waals surface area contributed by atoms with E-state index in [-0.39, 0.29) is 46.6 Å². The van der Waals surface area contributed by atoms with Crippen LogP contribution < -0.4 is 34.3 Å². The van der Waals surface area contributed by atoms with Gasteiger partial charge < -0.3 is 9.29 Å². The molecule has 0 radical (unpaired) electrons. The third kappa shape index (κ3) is 5.00. The minimum absolute atomic E-state index is 0. The van der Waals surface area contributed by atoms with Crippen LogP contribution in [0.2, 0.25) is 0 Å². The van der Waals surface area contributed by atoms with Crippen LogP contribution in [0.5, 0.6) is 5.75 Å². The molecule has 0 saturated carbocycles. The van der Waals surface area contributed by atoms with E-state index in [9.17, 15) is 23.1 Å². The quantitative estimate of drug-likeness (QED) is 0.262. The molecule has 0 aliphatic heterocycles. The van der Waals surface area contributed by atoms with Crippen LogP contribution in [0.3, 0.4) is 0 Å². The maximum absolute atomic E-state index is 10.5. The van der Waals surface area contributed by atoms with Crippen LogP contribution in [0.15, 0.2) is 18.2 Å². The van der Waals surface area contributed by atoms with Gasteiger partial charge in [-0.25, -0.2) is 8.42 Å². The van der Waals surface area contributed by atoms with E-state index in [1.165, 1.54) is 13.2 Å². The number of nitro benzene ring substituents is 1. The Morgan fingerprint density at radius 3 is 2.41 bits per heavy atom. The molecule has 0 aromatic heterocycles. The summed E-state index contributed by atoms with van der Waals surface area (Å²) in [5.41, 5.74) is -0.132. The topological polar surface area (TPSA) is 110 Å². The predicted molar refractivity (Wildman–Crippen MR) is 53.0 cm³/mol. The average Bonchev–Trinajstić information content (AvgIpc) is 2.14. The summed E-state index contributed by atoms with van der Waals surface area (Å²) in [4.78, 5) is 9.86. The second-order valence-corrected chi connectivity index (χ2v) is 4.37. The molecular weight excluding hydrogens is 261 g/mol. The first kappa shape index (κ1) is 16.3. The number of nitro groups is 1. The van der Waals surface area contributed by atoms with Gasteiger partial charge in [0.05, 0.1) is 27.9 Å². The van der Waals surface area contributed by atoms with Crippen LogP contribution in [-0.4, -0.2) is 25.0 Å². The standard InChI is InChI=1S/C8H9NO6S.Na/c1-15-8-4-6(5-16(12,13)14)2-3-7(8)9(10)11;/h2-4H,5H2,1H3,(H,12,13,14);/q;+1/p-1. The van der Waals surface area contributed by atoms with E-state index in [0.717, 1.165) is 12.1 Å². The maximum Gasteiger partial charge on any atom is 1.00 e. The molecule has 1 aromatic carbocycles. The number of nitrogens with zero attached hydrogens (tertiary/aromatic N) is 1. The Balaban J connectivity index is 0.00000256. The second kappa shape index (κ2) is 6.31. The number of methoxy groups -OCH3 is 1. The fraction of sp³-hybridized carbons (Fsp3) is 0.250. The fourth-order valence-corrected chi connectivity index (χ4v) is 1.75. The average molecular weight is 269 g/mol. The molecule has 0 aliphatic carbocycles. The number of benzene rings is 1. The van der Waals surface area contributed by atoms with E-state index >= 15 is 0 Å². The van der Waals surface area contributed by atoms with Crippen LogP contribution in [0, 0.1) is 10.1 Å². The first-order valence-electron chi connectivity index (χ1n) is 4.08. The van der Waals surface area contributed by atoms with Crippen molar-refractivity contribution in [1.82, 2.24) is 0 Å². The molecular formula is C8H8NNaO6S. The van der Waals surface area contributed by atoms with Crippen molar-refractivity contribution in [3.8, 4) is 5.75 Å². The fourth-order valence-electron chi connectivity index (χ4n) is 1.17. The summed E-state index contributed by atoms with van der Waals surface area (Å²) in [5.74, 6) is -0.799. The van der Waals surface area contributed by atoms with Crippen molar-refractivity contribution in [2.75, 3.05) is 7.11 Å². The van der Waals surface area contributed by atoms with E-state index < -0.39 is 20.8 Å². The van der Waals surface area contributed by atoms with Crippen LogP contribution in [0.1, 0.15) is 5.56 Å². The number of hydrogen-bond donors (Lipinski definition) is 0. The van der Waals surface area contributed by atoms with Crippen molar-refractivity contribution in [2.24, 2.45) is 0 Å². The molecule has 0 bridgehead atoms. The van der Waals surface area contributed by atoms with Gasteiger partial charge in [0, 0.05) is 6.07 Å². The number of ether oxygens (including phenoxy) is 1.